The molecule has 0 aromatic heterocycles. The van der Waals surface area contributed by atoms with E-state index >= 15 is 0 Å². The largest absolute Gasteiger partial charge is 0.472 e. The minimum Gasteiger partial charge on any atom is -0.462 e. The highest BCUT2D eigenvalue weighted by molar-refractivity contribution is 7.47. The number of unbranched alkanes of at least 4 members (excludes halogenated alkanes) is 35. The topological polar surface area (TPSA) is 237 Å². The molecule has 17 nitrogen and oxygen atoms in total. The third-order valence-electron chi connectivity index (χ3n) is 16.6. The molecule has 540 valence electrons. The Morgan fingerprint density at radius 1 is 0.275 bits per heavy atom. The van der Waals surface area contributed by atoms with Crippen LogP contribution in [-0.2, 0) is 65.4 Å². The first-order valence-electron chi connectivity index (χ1n) is 37.2. The van der Waals surface area contributed by atoms with Gasteiger partial charge in [0.05, 0.1) is 26.4 Å². The first-order chi connectivity index (χ1) is 43.6. The van der Waals surface area contributed by atoms with Crippen LogP contribution in [0.4, 0.5) is 0 Å². The van der Waals surface area contributed by atoms with Gasteiger partial charge in [0.1, 0.15) is 19.3 Å². The maximum Gasteiger partial charge on any atom is 0.472 e. The fourth-order valence-electron chi connectivity index (χ4n) is 10.8. The summed E-state index contributed by atoms with van der Waals surface area (Å²) in [5.41, 5.74) is 0. The number of rotatable bonds is 69. The normalized spacial score (nSPS) is 14.2. The van der Waals surface area contributed by atoms with Crippen molar-refractivity contribution in [3.8, 4) is 0 Å². The number of carbonyl (C=O) groups is 4. The zero-order chi connectivity index (χ0) is 67.5. The SMILES string of the molecule is CC(C)CCCCCCCCCCCCCCCC(=O)OC[C@H](COP(=O)(O)OC[C@@H](O)COP(=O)(O)OC[C@@H](COC(=O)CCCCCCCCC(C)C)OC(=O)CCCCCCCCCCCCCCCC(C)C)OC(=O)CCCCCCCCCC(C)C. The van der Waals surface area contributed by atoms with Crippen LogP contribution in [-0.4, -0.2) is 96.7 Å². The average molecular weight is 1340 g/mol. The number of aliphatic hydroxyl groups is 1. The number of ether oxygens (including phenoxy) is 4. The summed E-state index contributed by atoms with van der Waals surface area (Å²) in [5, 5.41) is 10.6. The Morgan fingerprint density at radius 3 is 0.681 bits per heavy atom. The Kier molecular flexibility index (Phi) is 60.3. The summed E-state index contributed by atoms with van der Waals surface area (Å²) < 4.78 is 68.3. The smallest absolute Gasteiger partial charge is 0.462 e. The molecule has 0 bridgehead atoms. The van der Waals surface area contributed by atoms with E-state index in [4.69, 9.17) is 37.0 Å². The summed E-state index contributed by atoms with van der Waals surface area (Å²) in [6.07, 6.45) is 44.7. The quantitative estimate of drug-likeness (QED) is 0.0222. The molecule has 2 unspecified atom stereocenters. The monoisotopic (exact) mass is 1340 g/mol. The number of carbonyl (C=O) groups excluding carboxylic acids is 4. The van der Waals surface area contributed by atoms with Crippen molar-refractivity contribution in [1.29, 1.82) is 0 Å². The average Bonchev–Trinajstić information content (AvgIpc) is 3.69. The number of phosphoric acid groups is 2. The predicted molar refractivity (Wildman–Crippen MR) is 367 cm³/mol. The van der Waals surface area contributed by atoms with E-state index in [1.54, 1.807) is 0 Å². The summed E-state index contributed by atoms with van der Waals surface area (Å²) in [5.74, 6) is 0.823. The molecule has 0 fully saturated rings. The summed E-state index contributed by atoms with van der Waals surface area (Å²) in [6, 6.07) is 0. The molecule has 0 aromatic rings. The van der Waals surface area contributed by atoms with Gasteiger partial charge in [0, 0.05) is 25.7 Å². The van der Waals surface area contributed by atoms with E-state index < -0.39 is 97.5 Å². The molecule has 0 rings (SSSR count). The Morgan fingerprint density at radius 2 is 0.462 bits per heavy atom. The highest BCUT2D eigenvalue weighted by atomic mass is 31.2. The Labute approximate surface area is 556 Å². The van der Waals surface area contributed by atoms with Gasteiger partial charge in [-0.15, -0.1) is 0 Å². The van der Waals surface area contributed by atoms with E-state index in [-0.39, 0.29) is 25.7 Å². The molecule has 0 aliphatic carbocycles. The molecule has 5 atom stereocenters. The molecule has 0 saturated carbocycles. The predicted octanol–water partition coefficient (Wildman–Crippen LogP) is 20.5. The molecule has 0 amide bonds. The van der Waals surface area contributed by atoms with Gasteiger partial charge < -0.3 is 33.8 Å². The lowest BCUT2D eigenvalue weighted by molar-refractivity contribution is -0.161. The molecule has 0 aliphatic heterocycles. The molecule has 0 aliphatic rings. The van der Waals surface area contributed by atoms with Crippen LogP contribution in [0.3, 0.4) is 0 Å². The number of esters is 4. The number of aliphatic hydroxyl groups excluding tert-OH is 1. The summed E-state index contributed by atoms with van der Waals surface area (Å²) >= 11 is 0. The van der Waals surface area contributed by atoms with Crippen molar-refractivity contribution >= 4 is 39.5 Å². The van der Waals surface area contributed by atoms with E-state index in [0.29, 0.717) is 37.5 Å². The third-order valence-corrected chi connectivity index (χ3v) is 18.5. The van der Waals surface area contributed by atoms with Crippen LogP contribution in [0.15, 0.2) is 0 Å². The van der Waals surface area contributed by atoms with Crippen molar-refractivity contribution in [3.05, 3.63) is 0 Å². The summed E-state index contributed by atoms with van der Waals surface area (Å²) in [7, 11) is -9.90. The first kappa shape index (κ1) is 89.1. The zero-order valence-corrected chi connectivity index (χ0v) is 61.3. The van der Waals surface area contributed by atoms with Crippen molar-refractivity contribution < 1.29 is 80.2 Å². The molecule has 3 N–H and O–H groups in total. The Balaban J connectivity index is 5.20. The van der Waals surface area contributed by atoms with Gasteiger partial charge in [-0.3, -0.25) is 37.3 Å². The van der Waals surface area contributed by atoms with E-state index in [9.17, 15) is 43.2 Å². The van der Waals surface area contributed by atoms with Crippen molar-refractivity contribution in [2.45, 2.75) is 375 Å². The van der Waals surface area contributed by atoms with E-state index in [1.165, 1.54) is 154 Å². The Bertz CT molecular complexity index is 1800. The number of phosphoric ester groups is 2. The lowest BCUT2D eigenvalue weighted by atomic mass is 10.0. The number of hydrogen-bond donors (Lipinski definition) is 3. The van der Waals surface area contributed by atoms with E-state index in [1.807, 2.05) is 0 Å². The minimum atomic E-state index is -4.95. The van der Waals surface area contributed by atoms with Crippen LogP contribution in [0, 0.1) is 23.7 Å². The van der Waals surface area contributed by atoms with Crippen LogP contribution >= 0.6 is 15.6 Å². The van der Waals surface area contributed by atoms with Gasteiger partial charge >= 0.3 is 39.5 Å². The van der Waals surface area contributed by atoms with Crippen LogP contribution in [0.1, 0.15) is 357 Å². The molecule has 0 aromatic carbocycles. The molecule has 0 saturated heterocycles. The van der Waals surface area contributed by atoms with Gasteiger partial charge in [0.15, 0.2) is 12.2 Å². The van der Waals surface area contributed by atoms with Crippen molar-refractivity contribution in [2.24, 2.45) is 23.7 Å². The first-order valence-corrected chi connectivity index (χ1v) is 40.2. The van der Waals surface area contributed by atoms with Gasteiger partial charge in [-0.2, -0.15) is 0 Å². The summed E-state index contributed by atoms with van der Waals surface area (Å²) in [6.45, 7) is 14.1. The second kappa shape index (κ2) is 61.6. The standard InChI is InChI=1S/C72H140O17P2/c1-62(2)48-40-32-24-19-15-11-9-13-17-21-27-36-44-52-69(74)82-58-67(89-72(77)55-47-39-29-23-26-34-42-50-64(5)6)60-86-90(78,79)84-56-66(73)57-85-91(80,81)87-61-68(59-83-70(75)53-45-37-31-30-35-43-51-65(7)8)88-71(76)54-46-38-28-22-18-14-10-12-16-20-25-33-41-49-63(3)4/h62-68,73H,9-61H2,1-8H3,(H,78,79)(H,80,81)/t66-,67-,68-/m1/s1. The van der Waals surface area contributed by atoms with Crippen molar-refractivity contribution in [3.63, 3.8) is 0 Å². The van der Waals surface area contributed by atoms with Gasteiger partial charge in [0.25, 0.3) is 0 Å². The van der Waals surface area contributed by atoms with Gasteiger partial charge in [0.2, 0.25) is 0 Å². The lowest BCUT2D eigenvalue weighted by Gasteiger charge is -2.21. The highest BCUT2D eigenvalue weighted by Crippen LogP contribution is 2.45. The van der Waals surface area contributed by atoms with E-state index in [2.05, 4.69) is 55.4 Å². The summed E-state index contributed by atoms with van der Waals surface area (Å²) in [4.78, 5) is 72.6. The highest BCUT2D eigenvalue weighted by Gasteiger charge is 2.30. The van der Waals surface area contributed by atoms with Gasteiger partial charge in [-0.25, -0.2) is 9.13 Å². The molecule has 0 radical (unpaired) electrons. The molecule has 19 heteroatoms. The van der Waals surface area contributed by atoms with Crippen molar-refractivity contribution in [1.82, 2.24) is 0 Å². The van der Waals surface area contributed by atoms with E-state index in [0.717, 1.165) is 108 Å². The van der Waals surface area contributed by atoms with Gasteiger partial charge in [-0.05, 0) is 49.4 Å². The Hall–Kier alpha value is -1.94. The fraction of sp³-hybridized carbons (Fsp3) is 0.944. The van der Waals surface area contributed by atoms with Crippen LogP contribution in [0.5, 0.6) is 0 Å². The minimum absolute atomic E-state index is 0.103. The third kappa shape index (κ3) is 66.5. The fourth-order valence-corrected chi connectivity index (χ4v) is 12.4. The molecular formula is C72H140O17P2. The molecule has 0 heterocycles. The second-order valence-corrected chi connectivity index (χ2v) is 30.8. The van der Waals surface area contributed by atoms with Crippen LogP contribution < -0.4 is 0 Å². The number of hydrogen-bond acceptors (Lipinski definition) is 15. The zero-order valence-electron chi connectivity index (χ0n) is 59.5. The van der Waals surface area contributed by atoms with Crippen LogP contribution in [0.25, 0.3) is 0 Å². The van der Waals surface area contributed by atoms with Crippen molar-refractivity contribution in [2.75, 3.05) is 39.6 Å². The maximum atomic E-state index is 13.0. The molecule has 91 heavy (non-hydrogen) atoms. The second-order valence-electron chi connectivity index (χ2n) is 27.9. The van der Waals surface area contributed by atoms with Gasteiger partial charge in [-0.1, -0.05) is 306 Å². The maximum absolute atomic E-state index is 13.0. The van der Waals surface area contributed by atoms with Crippen LogP contribution in [0.2, 0.25) is 0 Å². The lowest BCUT2D eigenvalue weighted by Crippen LogP contribution is -2.30. The molecular weight excluding hydrogens is 1200 g/mol. The molecule has 0 spiro atoms.